The first-order valence-corrected chi connectivity index (χ1v) is 6.66. The molecule has 0 spiro atoms. The Morgan fingerprint density at radius 2 is 2.06 bits per heavy atom. The van der Waals surface area contributed by atoms with Gasteiger partial charge in [-0.3, -0.25) is 0 Å². The van der Waals surface area contributed by atoms with Crippen LogP contribution in [0.2, 0.25) is 5.02 Å². The number of hydrogen-bond donors (Lipinski definition) is 1. The van der Waals surface area contributed by atoms with Crippen molar-refractivity contribution in [1.82, 2.24) is 5.32 Å². The summed E-state index contributed by atoms with van der Waals surface area (Å²) in [6.45, 7) is 7.12. The summed E-state index contributed by atoms with van der Waals surface area (Å²) in [5.74, 6) is 0.153. The minimum absolute atomic E-state index is 0.00588. The zero-order valence-corrected chi connectivity index (χ0v) is 11.5. The predicted molar refractivity (Wildman–Crippen MR) is 71.9 cm³/mol. The van der Waals surface area contributed by atoms with Crippen molar-refractivity contribution in [3.8, 4) is 0 Å². The molecule has 0 aromatic heterocycles. The molecule has 1 aromatic rings. The van der Waals surface area contributed by atoms with Gasteiger partial charge in [0.15, 0.2) is 0 Å². The molecule has 2 unspecified atom stereocenters. The Balaban J connectivity index is 3.04. The summed E-state index contributed by atoms with van der Waals surface area (Å²) in [6.07, 6.45) is 2.15. The maximum Gasteiger partial charge on any atom is 0.129 e. The van der Waals surface area contributed by atoms with Gasteiger partial charge in [-0.05, 0) is 31.0 Å². The highest BCUT2D eigenvalue weighted by molar-refractivity contribution is 6.31. The highest BCUT2D eigenvalue weighted by Gasteiger charge is 2.23. The van der Waals surface area contributed by atoms with Crippen LogP contribution in [0.25, 0.3) is 0 Å². The van der Waals surface area contributed by atoms with E-state index in [1.807, 2.05) is 6.92 Å². The van der Waals surface area contributed by atoms with Crippen LogP contribution in [-0.4, -0.2) is 6.54 Å². The van der Waals surface area contributed by atoms with Crippen molar-refractivity contribution in [1.29, 1.82) is 0 Å². The van der Waals surface area contributed by atoms with Crippen LogP contribution in [0.4, 0.5) is 4.39 Å². The second kappa shape index (κ2) is 6.97. The third kappa shape index (κ3) is 3.68. The summed E-state index contributed by atoms with van der Waals surface area (Å²) in [5.41, 5.74) is 0.608. The molecule has 0 aliphatic rings. The minimum atomic E-state index is -0.216. The lowest BCUT2D eigenvalue weighted by Gasteiger charge is -2.26. The first-order valence-electron chi connectivity index (χ1n) is 6.29. The lowest BCUT2D eigenvalue weighted by molar-refractivity contribution is 0.359. The summed E-state index contributed by atoms with van der Waals surface area (Å²) >= 11 is 6.12. The van der Waals surface area contributed by atoms with Crippen molar-refractivity contribution in [2.45, 2.75) is 39.7 Å². The average molecular weight is 258 g/mol. The number of hydrogen-bond acceptors (Lipinski definition) is 1. The minimum Gasteiger partial charge on any atom is -0.310 e. The van der Waals surface area contributed by atoms with Crippen molar-refractivity contribution in [3.63, 3.8) is 0 Å². The fourth-order valence-corrected chi connectivity index (χ4v) is 2.52. The largest absolute Gasteiger partial charge is 0.310 e. The molecule has 0 amide bonds. The van der Waals surface area contributed by atoms with Gasteiger partial charge in [-0.1, -0.05) is 44.9 Å². The third-order valence-corrected chi connectivity index (χ3v) is 3.38. The molecule has 2 atom stereocenters. The molecule has 0 bridgehead atoms. The van der Waals surface area contributed by atoms with Gasteiger partial charge in [0, 0.05) is 16.6 Å². The van der Waals surface area contributed by atoms with Gasteiger partial charge in [0.25, 0.3) is 0 Å². The Labute approximate surface area is 108 Å². The lowest BCUT2D eigenvalue weighted by atomic mass is 9.90. The van der Waals surface area contributed by atoms with Crippen LogP contribution < -0.4 is 5.32 Å². The Hall–Kier alpha value is -0.600. The molecule has 0 heterocycles. The van der Waals surface area contributed by atoms with E-state index in [-0.39, 0.29) is 11.9 Å². The average Bonchev–Trinajstić information content (AvgIpc) is 2.28. The van der Waals surface area contributed by atoms with E-state index >= 15 is 0 Å². The van der Waals surface area contributed by atoms with E-state index in [0.717, 1.165) is 19.4 Å². The van der Waals surface area contributed by atoms with Gasteiger partial charge >= 0.3 is 0 Å². The summed E-state index contributed by atoms with van der Waals surface area (Å²) < 4.78 is 13.9. The second-order valence-corrected chi connectivity index (χ2v) is 4.84. The van der Waals surface area contributed by atoms with Crippen molar-refractivity contribution >= 4 is 11.6 Å². The molecule has 96 valence electrons. The SMILES string of the molecule is CCCC(C)C(NCC)c1c(F)cccc1Cl. The zero-order valence-electron chi connectivity index (χ0n) is 10.8. The monoisotopic (exact) mass is 257 g/mol. The van der Waals surface area contributed by atoms with Gasteiger partial charge in [0.05, 0.1) is 0 Å². The van der Waals surface area contributed by atoms with E-state index in [4.69, 9.17) is 11.6 Å². The first-order chi connectivity index (χ1) is 8.11. The number of rotatable bonds is 6. The third-order valence-electron chi connectivity index (χ3n) is 3.05. The molecule has 0 radical (unpaired) electrons. The highest BCUT2D eigenvalue weighted by atomic mass is 35.5. The van der Waals surface area contributed by atoms with E-state index in [1.165, 1.54) is 6.07 Å². The van der Waals surface area contributed by atoms with Crippen LogP contribution in [-0.2, 0) is 0 Å². The summed E-state index contributed by atoms with van der Waals surface area (Å²) in [6, 6.07) is 4.87. The molecule has 1 N–H and O–H groups in total. The normalized spacial score (nSPS) is 14.6. The smallest absolute Gasteiger partial charge is 0.129 e. The Kier molecular flexibility index (Phi) is 5.93. The molecule has 1 rings (SSSR count). The molecule has 3 heteroatoms. The van der Waals surface area contributed by atoms with E-state index in [1.54, 1.807) is 12.1 Å². The van der Waals surface area contributed by atoms with Crippen molar-refractivity contribution in [2.75, 3.05) is 6.54 Å². The Morgan fingerprint density at radius 1 is 1.35 bits per heavy atom. The van der Waals surface area contributed by atoms with Crippen molar-refractivity contribution in [2.24, 2.45) is 5.92 Å². The molecule has 0 aliphatic heterocycles. The van der Waals surface area contributed by atoms with E-state index in [9.17, 15) is 4.39 Å². The van der Waals surface area contributed by atoms with Crippen LogP contribution in [0.1, 0.15) is 45.2 Å². The molecule has 0 saturated heterocycles. The van der Waals surface area contributed by atoms with E-state index in [2.05, 4.69) is 19.2 Å². The van der Waals surface area contributed by atoms with Crippen LogP contribution in [0.15, 0.2) is 18.2 Å². The summed E-state index contributed by atoms with van der Waals surface area (Å²) in [5, 5.41) is 3.85. The van der Waals surface area contributed by atoms with Crippen LogP contribution in [0.3, 0.4) is 0 Å². The molecule has 1 nitrogen and oxygen atoms in total. The quantitative estimate of drug-likeness (QED) is 0.787. The number of halogens is 2. The standard InChI is InChI=1S/C14H21ClFN/c1-4-7-10(3)14(17-5-2)13-11(15)8-6-9-12(13)16/h6,8-10,14,17H,4-5,7H2,1-3H3. The molecule has 0 saturated carbocycles. The molecular weight excluding hydrogens is 237 g/mol. The van der Waals surface area contributed by atoms with Crippen LogP contribution in [0.5, 0.6) is 0 Å². The predicted octanol–water partition coefficient (Wildman–Crippen LogP) is 4.57. The lowest BCUT2D eigenvalue weighted by Crippen LogP contribution is -2.28. The van der Waals surface area contributed by atoms with Gasteiger partial charge in [-0.15, -0.1) is 0 Å². The first kappa shape index (κ1) is 14.5. The topological polar surface area (TPSA) is 12.0 Å². The van der Waals surface area contributed by atoms with Gasteiger partial charge in [-0.25, -0.2) is 4.39 Å². The van der Waals surface area contributed by atoms with E-state index in [0.29, 0.717) is 16.5 Å². The Morgan fingerprint density at radius 3 is 2.59 bits per heavy atom. The molecule has 17 heavy (non-hydrogen) atoms. The van der Waals surface area contributed by atoms with Crippen LogP contribution >= 0.6 is 11.6 Å². The van der Waals surface area contributed by atoms with Crippen molar-refractivity contribution in [3.05, 3.63) is 34.6 Å². The zero-order chi connectivity index (χ0) is 12.8. The van der Waals surface area contributed by atoms with Crippen LogP contribution in [0, 0.1) is 11.7 Å². The molecule has 0 aliphatic carbocycles. The number of benzene rings is 1. The maximum absolute atomic E-state index is 13.9. The number of nitrogens with one attached hydrogen (secondary N) is 1. The van der Waals surface area contributed by atoms with E-state index < -0.39 is 0 Å². The fraction of sp³-hybridized carbons (Fsp3) is 0.571. The highest BCUT2D eigenvalue weighted by Crippen LogP contribution is 2.32. The molecule has 1 aromatic carbocycles. The molecular formula is C14H21ClFN. The fourth-order valence-electron chi connectivity index (χ4n) is 2.24. The summed E-state index contributed by atoms with van der Waals surface area (Å²) in [7, 11) is 0. The second-order valence-electron chi connectivity index (χ2n) is 4.44. The summed E-state index contributed by atoms with van der Waals surface area (Å²) in [4.78, 5) is 0. The maximum atomic E-state index is 13.9. The Bertz CT molecular complexity index is 334. The molecule has 0 fully saturated rings. The van der Waals surface area contributed by atoms with Crippen molar-refractivity contribution < 1.29 is 4.39 Å². The van der Waals surface area contributed by atoms with Gasteiger partial charge in [-0.2, -0.15) is 0 Å². The van der Waals surface area contributed by atoms with Gasteiger partial charge in [0.1, 0.15) is 5.82 Å². The van der Waals surface area contributed by atoms with Gasteiger partial charge in [0.2, 0.25) is 0 Å². The van der Waals surface area contributed by atoms with Gasteiger partial charge < -0.3 is 5.32 Å².